The third-order valence-corrected chi connectivity index (χ3v) is 3.60. The minimum atomic E-state index is -1.65. The van der Waals surface area contributed by atoms with Crippen LogP contribution in [0.25, 0.3) is 0 Å². The molecule has 0 radical (unpaired) electrons. The molecule has 0 amide bonds. The van der Waals surface area contributed by atoms with E-state index in [1.54, 1.807) is 6.07 Å². The largest absolute Gasteiger partial charge is 0.498 e. The summed E-state index contributed by atoms with van der Waals surface area (Å²) in [7, 11) is 0.867. The van der Waals surface area contributed by atoms with Crippen molar-refractivity contribution in [1.82, 2.24) is 0 Å². The first-order valence-corrected chi connectivity index (χ1v) is 7.55. The Morgan fingerprint density at radius 1 is 1.27 bits per heavy atom. The zero-order valence-electron chi connectivity index (χ0n) is 14.0. The summed E-state index contributed by atoms with van der Waals surface area (Å²) in [4.78, 5) is 0. The number of rotatable bonds is 9. The molecule has 1 atom stereocenters. The molecule has 1 unspecified atom stereocenters. The third-order valence-electron chi connectivity index (χ3n) is 3.60. The molecule has 0 aliphatic heterocycles. The summed E-state index contributed by atoms with van der Waals surface area (Å²) in [6.07, 6.45) is -0.841. The molecule has 0 fully saturated rings. The monoisotopic (exact) mass is 314 g/mol. The molecule has 0 heterocycles. The van der Waals surface area contributed by atoms with Crippen molar-refractivity contribution in [3.05, 3.63) is 23.8 Å². The average molecular weight is 314 g/mol. The van der Waals surface area contributed by atoms with Crippen LogP contribution in [0.5, 0.6) is 5.75 Å². The summed E-state index contributed by atoms with van der Waals surface area (Å²) in [6.45, 7) is 7.25. The van der Waals surface area contributed by atoms with Crippen LogP contribution >= 0.6 is 0 Å². The second-order valence-electron chi connectivity index (χ2n) is 5.64. The zero-order chi connectivity index (χ0) is 16.8. The second-order valence-corrected chi connectivity index (χ2v) is 5.64. The maximum absolute atomic E-state index is 13.5. The van der Waals surface area contributed by atoms with Crippen LogP contribution in [0.4, 0.5) is 8.78 Å². The number of benzene rings is 1. The molecule has 0 saturated heterocycles. The standard InChI is InChI=1S/C16H25BF2O3/c1-6-16(3,4)22-17(21-7-2)13-9-8-12(14(19)11-18)10-15(13)20-5/h8-10,14H,6-7,11H2,1-5H3. The van der Waals surface area contributed by atoms with Crippen molar-refractivity contribution in [2.45, 2.75) is 45.9 Å². The van der Waals surface area contributed by atoms with Gasteiger partial charge in [0.2, 0.25) is 0 Å². The van der Waals surface area contributed by atoms with Crippen molar-refractivity contribution in [2.75, 3.05) is 20.4 Å². The first-order valence-electron chi connectivity index (χ1n) is 7.55. The molecule has 1 aromatic carbocycles. The van der Waals surface area contributed by atoms with Gasteiger partial charge < -0.3 is 14.0 Å². The minimum Gasteiger partial charge on any atom is -0.497 e. The van der Waals surface area contributed by atoms with E-state index in [-0.39, 0.29) is 11.2 Å². The van der Waals surface area contributed by atoms with E-state index in [2.05, 4.69) is 0 Å². The lowest BCUT2D eigenvalue weighted by molar-refractivity contribution is 0.0704. The van der Waals surface area contributed by atoms with Gasteiger partial charge in [0.05, 0.1) is 7.11 Å². The minimum absolute atomic E-state index is 0.244. The third kappa shape index (κ3) is 4.95. The molecular formula is C16H25BF2O3. The van der Waals surface area contributed by atoms with Gasteiger partial charge in [-0.2, -0.15) is 0 Å². The Morgan fingerprint density at radius 3 is 2.45 bits per heavy atom. The zero-order valence-corrected chi connectivity index (χ0v) is 14.0. The van der Waals surface area contributed by atoms with Gasteiger partial charge >= 0.3 is 7.12 Å². The fraction of sp³-hybridized carbons (Fsp3) is 0.625. The second kappa shape index (κ2) is 8.49. The molecule has 6 heteroatoms. The fourth-order valence-electron chi connectivity index (χ4n) is 1.92. The van der Waals surface area contributed by atoms with Crippen molar-refractivity contribution in [3.63, 3.8) is 0 Å². The number of halogens is 2. The van der Waals surface area contributed by atoms with Crippen molar-refractivity contribution >= 4 is 12.6 Å². The normalized spacial score (nSPS) is 13.0. The number of alkyl halides is 2. The van der Waals surface area contributed by atoms with E-state index in [9.17, 15) is 8.78 Å². The number of ether oxygens (including phenoxy) is 1. The molecule has 0 bridgehead atoms. The lowest BCUT2D eigenvalue weighted by Crippen LogP contribution is -2.44. The SMILES string of the molecule is CCOB(OC(C)(C)CC)c1ccc(C(F)CF)cc1OC. The van der Waals surface area contributed by atoms with E-state index in [0.29, 0.717) is 17.8 Å². The van der Waals surface area contributed by atoms with Crippen LogP contribution in [0, 0.1) is 0 Å². The van der Waals surface area contributed by atoms with E-state index in [1.807, 2.05) is 27.7 Å². The van der Waals surface area contributed by atoms with E-state index in [1.165, 1.54) is 19.2 Å². The van der Waals surface area contributed by atoms with Gasteiger partial charge in [0, 0.05) is 17.7 Å². The van der Waals surface area contributed by atoms with Crippen LogP contribution in [0.3, 0.4) is 0 Å². The van der Waals surface area contributed by atoms with Crippen molar-refractivity contribution in [2.24, 2.45) is 0 Å². The summed E-state index contributed by atoms with van der Waals surface area (Å²) in [5, 5.41) is 0. The molecule has 0 aliphatic rings. The van der Waals surface area contributed by atoms with E-state index < -0.39 is 20.0 Å². The van der Waals surface area contributed by atoms with Crippen LogP contribution in [0.2, 0.25) is 0 Å². The first kappa shape index (κ1) is 18.9. The number of hydrogen-bond donors (Lipinski definition) is 0. The molecule has 0 N–H and O–H groups in total. The van der Waals surface area contributed by atoms with E-state index >= 15 is 0 Å². The Labute approximate surface area is 132 Å². The van der Waals surface area contributed by atoms with Crippen LogP contribution in [0.15, 0.2) is 18.2 Å². The molecule has 22 heavy (non-hydrogen) atoms. The summed E-state index contributed by atoms with van der Waals surface area (Å²) in [5.74, 6) is 0.430. The highest BCUT2D eigenvalue weighted by Crippen LogP contribution is 2.23. The summed E-state index contributed by atoms with van der Waals surface area (Å²) >= 11 is 0. The maximum atomic E-state index is 13.5. The van der Waals surface area contributed by atoms with E-state index in [4.69, 9.17) is 14.0 Å². The van der Waals surface area contributed by atoms with Gasteiger partial charge in [-0.25, -0.2) is 8.78 Å². The summed E-state index contributed by atoms with van der Waals surface area (Å²) in [6, 6.07) is 4.70. The van der Waals surface area contributed by atoms with Gasteiger partial charge in [-0.3, -0.25) is 0 Å². The van der Waals surface area contributed by atoms with Crippen LogP contribution in [-0.2, 0) is 9.31 Å². The highest BCUT2D eigenvalue weighted by molar-refractivity contribution is 6.62. The Kier molecular flexibility index (Phi) is 7.29. The lowest BCUT2D eigenvalue weighted by atomic mass is 9.76. The molecule has 1 rings (SSSR count). The highest BCUT2D eigenvalue weighted by Gasteiger charge is 2.31. The van der Waals surface area contributed by atoms with Gasteiger partial charge in [0.25, 0.3) is 0 Å². The maximum Gasteiger partial charge on any atom is 0.498 e. The smallest absolute Gasteiger partial charge is 0.497 e. The van der Waals surface area contributed by atoms with Crippen molar-refractivity contribution in [1.29, 1.82) is 0 Å². The van der Waals surface area contributed by atoms with Crippen LogP contribution < -0.4 is 10.2 Å². The first-order chi connectivity index (χ1) is 10.4. The average Bonchev–Trinajstić information content (AvgIpc) is 2.52. The van der Waals surface area contributed by atoms with Crippen molar-refractivity contribution in [3.8, 4) is 5.75 Å². The fourth-order valence-corrected chi connectivity index (χ4v) is 1.92. The van der Waals surface area contributed by atoms with Gasteiger partial charge in [-0.1, -0.05) is 19.1 Å². The van der Waals surface area contributed by atoms with Crippen LogP contribution in [-0.4, -0.2) is 33.1 Å². The molecule has 0 aromatic heterocycles. The molecule has 124 valence electrons. The topological polar surface area (TPSA) is 27.7 Å². The Morgan fingerprint density at radius 2 is 1.95 bits per heavy atom. The van der Waals surface area contributed by atoms with Gasteiger partial charge in [-0.15, -0.1) is 0 Å². The highest BCUT2D eigenvalue weighted by atomic mass is 19.2. The Hall–Kier alpha value is -1.14. The number of hydrogen-bond acceptors (Lipinski definition) is 3. The molecule has 1 aromatic rings. The summed E-state index contributed by atoms with van der Waals surface area (Å²) in [5.41, 5.74) is 0.541. The Balaban J connectivity index is 3.13. The number of methoxy groups -OCH3 is 1. The molecular weight excluding hydrogens is 289 g/mol. The molecule has 0 saturated carbocycles. The lowest BCUT2D eigenvalue weighted by Gasteiger charge is -2.28. The quantitative estimate of drug-likeness (QED) is 0.652. The van der Waals surface area contributed by atoms with Gasteiger partial charge in [-0.05, 0) is 38.8 Å². The molecule has 3 nitrogen and oxygen atoms in total. The Bertz CT molecular complexity index is 469. The predicted octanol–water partition coefficient (Wildman–Crippen LogP) is 3.61. The van der Waals surface area contributed by atoms with Crippen molar-refractivity contribution < 1.29 is 22.8 Å². The van der Waals surface area contributed by atoms with Gasteiger partial charge in [0.1, 0.15) is 12.4 Å². The molecule has 0 aliphatic carbocycles. The predicted molar refractivity (Wildman–Crippen MR) is 85.3 cm³/mol. The summed E-state index contributed by atoms with van der Waals surface area (Å²) < 4.78 is 43.0. The van der Waals surface area contributed by atoms with Crippen LogP contribution in [0.1, 0.15) is 45.9 Å². The van der Waals surface area contributed by atoms with Gasteiger partial charge in [0.15, 0.2) is 6.17 Å². The van der Waals surface area contributed by atoms with E-state index in [0.717, 1.165) is 6.42 Å². The molecule has 0 spiro atoms.